The normalized spacial score (nSPS) is 14.3. The SMILES string of the molecule is CCCCS(=O)(=O)N1CCc2onc(COc3cccnc3)c2C1.O=C(O)C(F)(F)F. The van der Waals surface area contributed by atoms with Crippen molar-refractivity contribution in [1.29, 1.82) is 0 Å². The first-order chi connectivity index (χ1) is 14.5. The van der Waals surface area contributed by atoms with Crippen molar-refractivity contribution in [3.05, 3.63) is 41.5 Å². The van der Waals surface area contributed by atoms with Gasteiger partial charge in [0.15, 0.2) is 0 Å². The number of aliphatic carboxylic acids is 1. The van der Waals surface area contributed by atoms with Gasteiger partial charge in [0.05, 0.1) is 11.9 Å². The lowest BCUT2D eigenvalue weighted by Crippen LogP contribution is -2.37. The van der Waals surface area contributed by atoms with Crippen LogP contribution in [0, 0.1) is 0 Å². The fraction of sp³-hybridized carbons (Fsp3) is 0.500. The number of rotatable bonds is 7. The zero-order chi connectivity index (χ0) is 23.1. The molecule has 2 aromatic heterocycles. The second-order valence-corrected chi connectivity index (χ2v) is 8.65. The lowest BCUT2D eigenvalue weighted by atomic mass is 10.1. The Bertz CT molecular complexity index is 964. The summed E-state index contributed by atoms with van der Waals surface area (Å²) in [6, 6.07) is 3.59. The Hall–Kier alpha value is -2.67. The monoisotopic (exact) mass is 465 g/mol. The molecular formula is C18H22F3N3O6S. The van der Waals surface area contributed by atoms with Crippen molar-refractivity contribution < 1.29 is 40.8 Å². The van der Waals surface area contributed by atoms with E-state index in [1.807, 2.05) is 6.92 Å². The summed E-state index contributed by atoms with van der Waals surface area (Å²) >= 11 is 0. The van der Waals surface area contributed by atoms with Crippen LogP contribution in [0.15, 0.2) is 29.0 Å². The number of unbranched alkanes of at least 4 members (excludes halogenated alkanes) is 1. The van der Waals surface area contributed by atoms with Crippen molar-refractivity contribution in [2.45, 2.75) is 45.5 Å². The Morgan fingerprint density at radius 1 is 1.39 bits per heavy atom. The first-order valence-electron chi connectivity index (χ1n) is 9.31. The van der Waals surface area contributed by atoms with Crippen LogP contribution in [0.2, 0.25) is 0 Å². The average Bonchev–Trinajstić information content (AvgIpc) is 3.13. The average molecular weight is 465 g/mol. The minimum atomic E-state index is -5.08. The van der Waals surface area contributed by atoms with E-state index in [4.69, 9.17) is 19.2 Å². The summed E-state index contributed by atoms with van der Waals surface area (Å²) in [6.07, 6.45) is 0.278. The van der Waals surface area contributed by atoms with Gasteiger partial charge in [-0.15, -0.1) is 0 Å². The number of ether oxygens (including phenoxy) is 1. The maximum Gasteiger partial charge on any atom is 0.490 e. The third-order valence-electron chi connectivity index (χ3n) is 4.28. The number of carbonyl (C=O) groups is 1. The molecule has 0 aliphatic carbocycles. The minimum absolute atomic E-state index is 0.186. The maximum atomic E-state index is 12.4. The van der Waals surface area contributed by atoms with Gasteiger partial charge in [-0.2, -0.15) is 17.5 Å². The van der Waals surface area contributed by atoms with Crippen LogP contribution in [0.3, 0.4) is 0 Å². The fourth-order valence-corrected chi connectivity index (χ4v) is 4.24. The first kappa shape index (κ1) is 24.6. The molecule has 0 unspecified atom stereocenters. The molecule has 3 heterocycles. The van der Waals surface area contributed by atoms with Crippen molar-refractivity contribution in [2.24, 2.45) is 0 Å². The van der Waals surface area contributed by atoms with Gasteiger partial charge in [-0.1, -0.05) is 18.5 Å². The zero-order valence-corrected chi connectivity index (χ0v) is 17.4. The van der Waals surface area contributed by atoms with E-state index < -0.39 is 22.2 Å². The summed E-state index contributed by atoms with van der Waals surface area (Å²) in [5.74, 6) is -1.18. The molecule has 1 aliphatic heterocycles. The van der Waals surface area contributed by atoms with Crippen molar-refractivity contribution in [1.82, 2.24) is 14.4 Å². The number of carboxylic acids is 1. The smallest absolute Gasteiger partial charge is 0.486 e. The predicted octanol–water partition coefficient (Wildman–Crippen LogP) is 2.77. The van der Waals surface area contributed by atoms with Crippen LogP contribution in [0.4, 0.5) is 13.2 Å². The Balaban J connectivity index is 0.000000423. The lowest BCUT2D eigenvalue weighted by molar-refractivity contribution is -0.192. The predicted molar refractivity (Wildman–Crippen MR) is 102 cm³/mol. The van der Waals surface area contributed by atoms with E-state index in [1.54, 1.807) is 24.5 Å². The van der Waals surface area contributed by atoms with Gasteiger partial charge in [0.2, 0.25) is 10.0 Å². The maximum absolute atomic E-state index is 12.4. The second-order valence-electron chi connectivity index (χ2n) is 6.56. The molecule has 0 fully saturated rings. The molecular weight excluding hydrogens is 443 g/mol. The summed E-state index contributed by atoms with van der Waals surface area (Å²) in [6.45, 7) is 2.96. The van der Waals surface area contributed by atoms with Crippen LogP contribution in [-0.4, -0.2) is 52.4 Å². The summed E-state index contributed by atoms with van der Waals surface area (Å²) < 4.78 is 69.1. The number of sulfonamides is 1. The van der Waals surface area contributed by atoms with E-state index in [9.17, 15) is 21.6 Å². The molecule has 0 amide bonds. The Morgan fingerprint density at radius 2 is 2.10 bits per heavy atom. The van der Waals surface area contributed by atoms with Crippen LogP contribution < -0.4 is 4.74 Å². The van der Waals surface area contributed by atoms with Crippen LogP contribution in [0.5, 0.6) is 5.75 Å². The molecule has 0 aromatic carbocycles. The van der Waals surface area contributed by atoms with Gasteiger partial charge in [0, 0.05) is 31.3 Å². The van der Waals surface area contributed by atoms with Crippen LogP contribution >= 0.6 is 0 Å². The van der Waals surface area contributed by atoms with Crippen molar-refractivity contribution >= 4 is 16.0 Å². The molecule has 3 rings (SSSR count). The Morgan fingerprint density at radius 3 is 2.68 bits per heavy atom. The molecule has 2 aromatic rings. The Kier molecular flexibility index (Phi) is 8.39. The number of hydrogen-bond donors (Lipinski definition) is 1. The highest BCUT2D eigenvalue weighted by Crippen LogP contribution is 2.25. The molecule has 9 nitrogen and oxygen atoms in total. The number of pyridine rings is 1. The molecule has 13 heteroatoms. The molecule has 0 bridgehead atoms. The molecule has 0 radical (unpaired) electrons. The number of hydrogen-bond acceptors (Lipinski definition) is 7. The highest BCUT2D eigenvalue weighted by atomic mass is 32.2. The molecule has 0 spiro atoms. The van der Waals surface area contributed by atoms with E-state index >= 15 is 0 Å². The summed E-state index contributed by atoms with van der Waals surface area (Å²) in [4.78, 5) is 12.9. The number of alkyl halides is 3. The van der Waals surface area contributed by atoms with Crippen LogP contribution in [0.1, 0.15) is 36.8 Å². The number of aromatic nitrogens is 2. The number of carboxylic acid groups (broad SMARTS) is 1. The highest BCUT2D eigenvalue weighted by molar-refractivity contribution is 7.89. The number of fused-ring (bicyclic) bond motifs is 1. The third-order valence-corrected chi connectivity index (χ3v) is 6.18. The van der Waals surface area contributed by atoms with Crippen molar-refractivity contribution in [3.63, 3.8) is 0 Å². The Labute approximate surface area is 176 Å². The topological polar surface area (TPSA) is 123 Å². The fourth-order valence-electron chi connectivity index (χ4n) is 2.63. The van der Waals surface area contributed by atoms with Crippen molar-refractivity contribution in [2.75, 3.05) is 12.3 Å². The second kappa shape index (κ2) is 10.6. The quantitative estimate of drug-likeness (QED) is 0.662. The number of halogens is 3. The minimum Gasteiger partial charge on any atom is -0.486 e. The molecule has 0 saturated carbocycles. The molecule has 172 valence electrons. The van der Waals surface area contributed by atoms with Gasteiger partial charge in [0.1, 0.15) is 23.8 Å². The van der Waals surface area contributed by atoms with Crippen LogP contribution in [0.25, 0.3) is 0 Å². The zero-order valence-electron chi connectivity index (χ0n) is 16.6. The highest BCUT2D eigenvalue weighted by Gasteiger charge is 2.38. The van der Waals surface area contributed by atoms with E-state index in [1.165, 1.54) is 4.31 Å². The third kappa shape index (κ3) is 7.21. The van der Waals surface area contributed by atoms with E-state index in [2.05, 4.69) is 10.1 Å². The molecule has 1 N–H and O–H groups in total. The first-order valence-corrected chi connectivity index (χ1v) is 10.9. The largest absolute Gasteiger partial charge is 0.490 e. The van der Waals surface area contributed by atoms with E-state index in [0.29, 0.717) is 37.4 Å². The molecule has 0 saturated heterocycles. The summed E-state index contributed by atoms with van der Waals surface area (Å²) in [5.41, 5.74) is 1.47. The van der Waals surface area contributed by atoms with Gasteiger partial charge in [-0.3, -0.25) is 4.98 Å². The van der Waals surface area contributed by atoms with Gasteiger partial charge in [0.25, 0.3) is 0 Å². The van der Waals surface area contributed by atoms with Gasteiger partial charge in [-0.05, 0) is 18.6 Å². The molecule has 31 heavy (non-hydrogen) atoms. The van der Waals surface area contributed by atoms with Crippen LogP contribution in [-0.2, 0) is 34.4 Å². The van der Waals surface area contributed by atoms with Gasteiger partial charge >= 0.3 is 12.1 Å². The van der Waals surface area contributed by atoms with Gasteiger partial charge < -0.3 is 14.4 Å². The number of nitrogens with zero attached hydrogens (tertiary/aromatic N) is 3. The standard InChI is InChI=1S/C16H21N3O4S.C2HF3O2/c1-2-3-9-24(20,21)19-8-6-16-14(11-19)15(18-23-16)12-22-13-5-4-7-17-10-13;3-2(4,5)1(6)7/h4-5,7,10H,2-3,6,8-9,11-12H2,1H3;(H,6,7). The van der Waals surface area contributed by atoms with E-state index in [-0.39, 0.29) is 12.4 Å². The molecule has 0 atom stereocenters. The lowest BCUT2D eigenvalue weighted by Gasteiger charge is -2.25. The van der Waals surface area contributed by atoms with E-state index in [0.717, 1.165) is 17.7 Å². The molecule has 1 aliphatic rings. The summed E-state index contributed by atoms with van der Waals surface area (Å²) in [5, 5.41) is 11.2. The van der Waals surface area contributed by atoms with Crippen molar-refractivity contribution in [3.8, 4) is 5.75 Å². The summed E-state index contributed by atoms with van der Waals surface area (Å²) in [7, 11) is -3.24. The van der Waals surface area contributed by atoms with Gasteiger partial charge in [-0.25, -0.2) is 13.2 Å².